The topological polar surface area (TPSA) is 52.6 Å². The maximum atomic E-state index is 11.6. The highest BCUT2D eigenvalue weighted by Crippen LogP contribution is 2.18. The van der Waals surface area contributed by atoms with Crippen molar-refractivity contribution in [3.63, 3.8) is 0 Å². The molecule has 0 aliphatic carbocycles. The zero-order valence-electron chi connectivity index (χ0n) is 13.9. The summed E-state index contributed by atoms with van der Waals surface area (Å²) in [6.45, 7) is 12.4. The molecule has 0 radical (unpaired) electrons. The van der Waals surface area contributed by atoms with Gasteiger partial charge in [-0.2, -0.15) is 0 Å². The Morgan fingerprint density at radius 1 is 1.10 bits per heavy atom. The minimum Gasteiger partial charge on any atom is -0.480 e. The van der Waals surface area contributed by atoms with Gasteiger partial charge < -0.3 is 15.3 Å². The molecule has 0 fully saturated rings. The number of hydrogen-bond donors (Lipinski definition) is 2. The molecule has 0 aromatic heterocycles. The molecule has 0 bridgehead atoms. The second kappa shape index (κ2) is 11.1. The van der Waals surface area contributed by atoms with Crippen molar-refractivity contribution in [2.24, 2.45) is 0 Å². The number of nitrogens with zero attached hydrogens (tertiary/aromatic N) is 1. The van der Waals surface area contributed by atoms with Crippen molar-refractivity contribution in [2.75, 3.05) is 26.2 Å². The van der Waals surface area contributed by atoms with Crippen LogP contribution in [-0.2, 0) is 4.79 Å². The molecule has 0 aliphatic heterocycles. The Morgan fingerprint density at radius 3 is 2.20 bits per heavy atom. The van der Waals surface area contributed by atoms with E-state index in [9.17, 15) is 9.90 Å². The van der Waals surface area contributed by atoms with Crippen LogP contribution in [0.1, 0.15) is 66.2 Å². The second-order valence-electron chi connectivity index (χ2n) is 5.56. The molecule has 4 heteroatoms. The standard InChI is InChI=1S/C16H34N2O2/c1-5-9-13-18(8-4)14-10-11-16(7-3,15(19)20)17-12-6-2/h17H,5-14H2,1-4H3,(H,19,20). The normalized spacial score (nSPS) is 14.4. The van der Waals surface area contributed by atoms with Crippen molar-refractivity contribution in [3.05, 3.63) is 0 Å². The minimum absolute atomic E-state index is 0.642. The number of rotatable bonds is 13. The van der Waals surface area contributed by atoms with E-state index in [-0.39, 0.29) is 0 Å². The lowest BCUT2D eigenvalue weighted by Crippen LogP contribution is -2.52. The van der Waals surface area contributed by atoms with Crippen LogP contribution in [0.4, 0.5) is 0 Å². The van der Waals surface area contributed by atoms with Gasteiger partial charge in [0.1, 0.15) is 5.54 Å². The van der Waals surface area contributed by atoms with E-state index in [2.05, 4.69) is 31.0 Å². The van der Waals surface area contributed by atoms with Crippen molar-refractivity contribution in [3.8, 4) is 0 Å². The first-order valence-corrected chi connectivity index (χ1v) is 8.27. The summed E-state index contributed by atoms with van der Waals surface area (Å²) in [5.41, 5.74) is -0.736. The zero-order chi connectivity index (χ0) is 15.4. The summed E-state index contributed by atoms with van der Waals surface area (Å²) < 4.78 is 0. The smallest absolute Gasteiger partial charge is 0.323 e. The fourth-order valence-electron chi connectivity index (χ4n) is 2.50. The van der Waals surface area contributed by atoms with Crippen LogP contribution >= 0.6 is 0 Å². The summed E-state index contributed by atoms with van der Waals surface area (Å²) in [4.78, 5) is 14.0. The Morgan fingerprint density at radius 2 is 1.75 bits per heavy atom. The largest absolute Gasteiger partial charge is 0.480 e. The van der Waals surface area contributed by atoms with Crippen molar-refractivity contribution < 1.29 is 9.90 Å². The molecule has 0 saturated carbocycles. The number of unbranched alkanes of at least 4 members (excludes halogenated alkanes) is 1. The Bertz CT molecular complexity index is 259. The number of hydrogen-bond acceptors (Lipinski definition) is 3. The van der Waals surface area contributed by atoms with E-state index < -0.39 is 11.5 Å². The van der Waals surface area contributed by atoms with Crippen LogP contribution in [0.2, 0.25) is 0 Å². The van der Waals surface area contributed by atoms with Gasteiger partial charge in [0, 0.05) is 0 Å². The van der Waals surface area contributed by atoms with Crippen LogP contribution in [0.15, 0.2) is 0 Å². The van der Waals surface area contributed by atoms with Crippen LogP contribution in [0.5, 0.6) is 0 Å². The number of carbonyl (C=O) groups is 1. The van der Waals surface area contributed by atoms with Crippen molar-refractivity contribution in [1.82, 2.24) is 10.2 Å². The first kappa shape index (κ1) is 19.4. The molecule has 0 aliphatic rings. The number of carboxylic acids is 1. The molecule has 0 spiro atoms. The summed E-state index contributed by atoms with van der Waals surface area (Å²) >= 11 is 0. The van der Waals surface area contributed by atoms with E-state index >= 15 is 0 Å². The summed E-state index contributed by atoms with van der Waals surface area (Å²) in [5.74, 6) is -0.704. The van der Waals surface area contributed by atoms with Gasteiger partial charge in [0.25, 0.3) is 0 Å². The number of aliphatic carboxylic acids is 1. The fourth-order valence-corrected chi connectivity index (χ4v) is 2.50. The van der Waals surface area contributed by atoms with Gasteiger partial charge in [0.2, 0.25) is 0 Å². The molecule has 0 aromatic rings. The van der Waals surface area contributed by atoms with Crippen LogP contribution in [0, 0.1) is 0 Å². The SMILES string of the molecule is CCCCN(CC)CCCC(CC)(NCCC)C(=O)O. The summed E-state index contributed by atoms with van der Waals surface area (Å²) in [6.07, 6.45) is 5.69. The van der Waals surface area contributed by atoms with Gasteiger partial charge in [-0.1, -0.05) is 34.1 Å². The van der Waals surface area contributed by atoms with E-state index in [4.69, 9.17) is 0 Å². The molecule has 20 heavy (non-hydrogen) atoms. The van der Waals surface area contributed by atoms with Crippen LogP contribution in [0.25, 0.3) is 0 Å². The lowest BCUT2D eigenvalue weighted by Gasteiger charge is -2.30. The molecule has 0 saturated heterocycles. The van der Waals surface area contributed by atoms with E-state index in [0.29, 0.717) is 12.8 Å². The minimum atomic E-state index is -0.736. The Balaban J connectivity index is 4.34. The Hall–Kier alpha value is -0.610. The average Bonchev–Trinajstić information content (AvgIpc) is 2.45. The van der Waals surface area contributed by atoms with Gasteiger partial charge in [-0.15, -0.1) is 0 Å². The van der Waals surface area contributed by atoms with Crippen LogP contribution in [0.3, 0.4) is 0 Å². The molecule has 0 amide bonds. The molecule has 2 N–H and O–H groups in total. The molecule has 120 valence electrons. The van der Waals surface area contributed by atoms with Gasteiger partial charge in [-0.05, 0) is 58.3 Å². The number of nitrogens with one attached hydrogen (secondary N) is 1. The molecular formula is C16H34N2O2. The molecule has 1 atom stereocenters. The molecule has 4 nitrogen and oxygen atoms in total. The van der Waals surface area contributed by atoms with Gasteiger partial charge in [-0.25, -0.2) is 0 Å². The third-order valence-corrected chi connectivity index (χ3v) is 4.08. The lowest BCUT2D eigenvalue weighted by molar-refractivity contribution is -0.145. The van der Waals surface area contributed by atoms with Gasteiger partial charge in [-0.3, -0.25) is 4.79 Å². The first-order valence-electron chi connectivity index (χ1n) is 8.27. The first-order chi connectivity index (χ1) is 9.56. The third-order valence-electron chi connectivity index (χ3n) is 4.08. The third kappa shape index (κ3) is 6.71. The highest BCUT2D eigenvalue weighted by atomic mass is 16.4. The summed E-state index contributed by atoms with van der Waals surface area (Å²) in [6, 6.07) is 0. The highest BCUT2D eigenvalue weighted by molar-refractivity contribution is 5.78. The molecular weight excluding hydrogens is 252 g/mol. The highest BCUT2D eigenvalue weighted by Gasteiger charge is 2.35. The summed E-state index contributed by atoms with van der Waals surface area (Å²) in [7, 11) is 0. The Kier molecular flexibility index (Phi) is 10.8. The fraction of sp³-hybridized carbons (Fsp3) is 0.938. The van der Waals surface area contributed by atoms with Crippen molar-refractivity contribution in [2.45, 2.75) is 71.8 Å². The van der Waals surface area contributed by atoms with Crippen LogP contribution in [-0.4, -0.2) is 47.7 Å². The molecule has 0 aromatic carbocycles. The molecule has 0 rings (SSSR count). The maximum absolute atomic E-state index is 11.6. The van der Waals surface area contributed by atoms with Crippen molar-refractivity contribution >= 4 is 5.97 Å². The zero-order valence-corrected chi connectivity index (χ0v) is 13.9. The van der Waals surface area contributed by atoms with E-state index in [0.717, 1.165) is 39.0 Å². The Labute approximate surface area is 124 Å². The quantitative estimate of drug-likeness (QED) is 0.546. The average molecular weight is 286 g/mol. The predicted octanol–water partition coefficient (Wildman–Crippen LogP) is 3.12. The van der Waals surface area contributed by atoms with Gasteiger partial charge in [0.15, 0.2) is 0 Å². The lowest BCUT2D eigenvalue weighted by atomic mass is 9.90. The monoisotopic (exact) mass is 286 g/mol. The maximum Gasteiger partial charge on any atom is 0.323 e. The predicted molar refractivity (Wildman–Crippen MR) is 85.2 cm³/mol. The van der Waals surface area contributed by atoms with Gasteiger partial charge >= 0.3 is 5.97 Å². The van der Waals surface area contributed by atoms with Crippen LogP contribution < -0.4 is 5.32 Å². The van der Waals surface area contributed by atoms with E-state index in [1.54, 1.807) is 0 Å². The van der Waals surface area contributed by atoms with E-state index in [1.165, 1.54) is 12.8 Å². The molecule has 1 unspecified atom stereocenters. The van der Waals surface area contributed by atoms with Gasteiger partial charge in [0.05, 0.1) is 0 Å². The number of carboxylic acid groups (broad SMARTS) is 1. The van der Waals surface area contributed by atoms with E-state index in [1.807, 2.05) is 6.92 Å². The van der Waals surface area contributed by atoms with Crippen molar-refractivity contribution in [1.29, 1.82) is 0 Å². The second-order valence-corrected chi connectivity index (χ2v) is 5.56. The summed E-state index contributed by atoms with van der Waals surface area (Å²) in [5, 5.41) is 12.8. The molecule has 0 heterocycles.